The molecule has 3 aliphatic rings. The lowest BCUT2D eigenvalue weighted by Crippen LogP contribution is -2.46. The zero-order chi connectivity index (χ0) is 21.8. The quantitative estimate of drug-likeness (QED) is 0.753. The normalized spacial score (nSPS) is 26.7. The van der Waals surface area contributed by atoms with E-state index in [1.807, 2.05) is 11.0 Å². The molecule has 8 nitrogen and oxygen atoms in total. The summed E-state index contributed by atoms with van der Waals surface area (Å²) in [4.78, 5) is 30.8. The van der Waals surface area contributed by atoms with E-state index in [1.54, 1.807) is 18.3 Å². The smallest absolute Gasteiger partial charge is 0.257 e. The lowest BCUT2D eigenvalue weighted by molar-refractivity contribution is -0.120. The minimum atomic E-state index is -1.08. The lowest BCUT2D eigenvalue weighted by atomic mass is 9.95. The largest absolute Gasteiger partial charge is 0.368 e. The van der Waals surface area contributed by atoms with Gasteiger partial charge in [-0.15, -0.1) is 0 Å². The van der Waals surface area contributed by atoms with Crippen LogP contribution in [0.15, 0.2) is 42.3 Å². The topological polar surface area (TPSA) is 106 Å². The highest BCUT2D eigenvalue weighted by atomic mass is 19.1. The molecule has 2 aromatic rings. The summed E-state index contributed by atoms with van der Waals surface area (Å²) in [5.41, 5.74) is 5.70. The molecule has 5 rings (SSSR count). The predicted octanol–water partition coefficient (Wildman–Crippen LogP) is 1.62. The van der Waals surface area contributed by atoms with E-state index in [9.17, 15) is 18.4 Å². The summed E-state index contributed by atoms with van der Waals surface area (Å²) in [5.74, 6) is -0.576. The summed E-state index contributed by atoms with van der Waals surface area (Å²) in [6.07, 6.45) is 7.33. The van der Waals surface area contributed by atoms with Crippen molar-refractivity contribution in [3.63, 3.8) is 0 Å². The molecule has 10 heteroatoms. The Kier molecular flexibility index (Phi) is 4.53. The van der Waals surface area contributed by atoms with Crippen molar-refractivity contribution in [1.82, 2.24) is 19.9 Å². The molecular formula is C21H22F2N6O2. The van der Waals surface area contributed by atoms with Gasteiger partial charge in [0, 0.05) is 19.0 Å². The molecule has 3 heterocycles. The van der Waals surface area contributed by atoms with Crippen molar-refractivity contribution in [3.8, 4) is 0 Å². The van der Waals surface area contributed by atoms with Gasteiger partial charge in [0.05, 0.1) is 18.8 Å². The van der Waals surface area contributed by atoms with Crippen LogP contribution in [0.25, 0.3) is 5.65 Å². The lowest BCUT2D eigenvalue weighted by Gasteiger charge is -2.29. The fourth-order valence-electron chi connectivity index (χ4n) is 4.32. The van der Waals surface area contributed by atoms with E-state index < -0.39 is 29.7 Å². The molecular weight excluding hydrogens is 406 g/mol. The predicted molar refractivity (Wildman–Crippen MR) is 109 cm³/mol. The fourth-order valence-corrected chi connectivity index (χ4v) is 4.32. The van der Waals surface area contributed by atoms with Gasteiger partial charge in [0.2, 0.25) is 5.91 Å². The van der Waals surface area contributed by atoms with Gasteiger partial charge in [0.25, 0.3) is 5.91 Å². The molecule has 162 valence electrons. The standard InChI is InChI=1S/C21H22F2N6O2/c22-13-3-1-2-12(8-13)16-9-14(23)11-28(16)17-4-7-29-18(26-17)15(10-25-29)19(30)27-21(5-6-21)20(24)31/h1-4,7,10,13-14,16H,5-6,8-9,11H2,(H2,24,31)(H,27,30). The van der Waals surface area contributed by atoms with E-state index in [0.29, 0.717) is 18.7 Å². The number of nitrogens with zero attached hydrogens (tertiary/aromatic N) is 4. The number of amides is 2. The molecule has 2 fully saturated rings. The molecule has 0 aromatic carbocycles. The van der Waals surface area contributed by atoms with E-state index >= 15 is 0 Å². The maximum atomic E-state index is 14.4. The van der Waals surface area contributed by atoms with Crippen LogP contribution in [0.1, 0.15) is 36.0 Å². The average molecular weight is 428 g/mol. The number of primary amides is 1. The fraction of sp³-hybridized carbons (Fsp3) is 0.429. The summed E-state index contributed by atoms with van der Waals surface area (Å²) in [7, 11) is 0. The number of hydrogen-bond acceptors (Lipinski definition) is 5. The summed E-state index contributed by atoms with van der Waals surface area (Å²) in [5, 5.41) is 6.83. The van der Waals surface area contributed by atoms with Gasteiger partial charge < -0.3 is 16.0 Å². The average Bonchev–Trinajstić information content (AvgIpc) is 3.23. The molecule has 2 aliphatic carbocycles. The molecule has 3 atom stereocenters. The van der Waals surface area contributed by atoms with Crippen molar-refractivity contribution in [2.45, 2.75) is 49.6 Å². The number of nitrogens with two attached hydrogens (primary N) is 1. The van der Waals surface area contributed by atoms with Crippen LogP contribution in [-0.4, -0.2) is 56.9 Å². The molecule has 0 spiro atoms. The molecule has 1 saturated heterocycles. The van der Waals surface area contributed by atoms with E-state index in [1.165, 1.54) is 16.8 Å². The minimum absolute atomic E-state index is 0.131. The van der Waals surface area contributed by atoms with E-state index in [4.69, 9.17) is 5.73 Å². The Morgan fingerprint density at radius 2 is 2.10 bits per heavy atom. The number of aromatic nitrogens is 3. The highest BCUT2D eigenvalue weighted by Crippen LogP contribution is 2.36. The third-order valence-electron chi connectivity index (χ3n) is 6.21. The van der Waals surface area contributed by atoms with Crippen LogP contribution in [-0.2, 0) is 4.79 Å². The molecule has 2 amide bonds. The maximum Gasteiger partial charge on any atom is 0.257 e. The minimum Gasteiger partial charge on any atom is -0.368 e. The first-order valence-electron chi connectivity index (χ1n) is 10.3. The van der Waals surface area contributed by atoms with Gasteiger partial charge in [-0.25, -0.2) is 18.3 Å². The van der Waals surface area contributed by atoms with Gasteiger partial charge in [-0.1, -0.05) is 18.2 Å². The third-order valence-corrected chi connectivity index (χ3v) is 6.21. The van der Waals surface area contributed by atoms with Crippen LogP contribution in [0.3, 0.4) is 0 Å². The van der Waals surface area contributed by atoms with Crippen LogP contribution in [0.4, 0.5) is 14.6 Å². The number of anilines is 1. The molecule has 0 bridgehead atoms. The second kappa shape index (κ2) is 7.14. The number of allylic oxidation sites excluding steroid dienone is 3. The number of rotatable bonds is 5. The van der Waals surface area contributed by atoms with Gasteiger partial charge in [0.15, 0.2) is 5.65 Å². The first kappa shape index (κ1) is 19.7. The number of nitrogens with one attached hydrogen (secondary N) is 1. The van der Waals surface area contributed by atoms with Gasteiger partial charge in [-0.2, -0.15) is 5.10 Å². The Bertz CT molecular complexity index is 1120. The zero-order valence-corrected chi connectivity index (χ0v) is 16.7. The molecule has 1 aliphatic heterocycles. The Labute approximate surface area is 176 Å². The molecule has 3 N–H and O–H groups in total. The third kappa shape index (κ3) is 3.45. The first-order valence-corrected chi connectivity index (χ1v) is 10.3. The maximum absolute atomic E-state index is 14.4. The number of carbonyl (C=O) groups is 2. The Hall–Kier alpha value is -3.30. The van der Waals surface area contributed by atoms with E-state index in [2.05, 4.69) is 15.4 Å². The van der Waals surface area contributed by atoms with Crippen LogP contribution >= 0.6 is 0 Å². The highest BCUT2D eigenvalue weighted by molar-refractivity contribution is 6.03. The Morgan fingerprint density at radius 3 is 2.81 bits per heavy atom. The van der Waals surface area contributed by atoms with Crippen molar-refractivity contribution in [1.29, 1.82) is 0 Å². The molecule has 0 radical (unpaired) electrons. The summed E-state index contributed by atoms with van der Waals surface area (Å²) in [6, 6.07) is 1.39. The summed E-state index contributed by atoms with van der Waals surface area (Å²) in [6.45, 7) is 0.131. The monoisotopic (exact) mass is 428 g/mol. The van der Waals surface area contributed by atoms with Gasteiger partial charge in [-0.3, -0.25) is 9.59 Å². The van der Waals surface area contributed by atoms with Crippen molar-refractivity contribution in [3.05, 3.63) is 47.8 Å². The molecule has 3 unspecified atom stereocenters. The second-order valence-electron chi connectivity index (χ2n) is 8.36. The van der Waals surface area contributed by atoms with Gasteiger partial charge >= 0.3 is 0 Å². The van der Waals surface area contributed by atoms with E-state index in [-0.39, 0.29) is 36.6 Å². The van der Waals surface area contributed by atoms with Crippen molar-refractivity contribution < 1.29 is 18.4 Å². The number of hydrogen-bond donors (Lipinski definition) is 2. The summed E-state index contributed by atoms with van der Waals surface area (Å²) >= 11 is 0. The van der Waals surface area contributed by atoms with Crippen molar-refractivity contribution in [2.75, 3.05) is 11.4 Å². The van der Waals surface area contributed by atoms with Crippen LogP contribution in [0.2, 0.25) is 0 Å². The van der Waals surface area contributed by atoms with Crippen LogP contribution in [0.5, 0.6) is 0 Å². The summed E-state index contributed by atoms with van der Waals surface area (Å²) < 4.78 is 29.7. The number of alkyl halides is 2. The molecule has 2 aromatic heterocycles. The SMILES string of the molecule is NC(=O)C1(NC(=O)c2cnn3ccc(N4CC(F)CC4C4=CC=CC(F)C4)nc23)CC1. The first-order chi connectivity index (χ1) is 14.9. The second-order valence-corrected chi connectivity index (χ2v) is 8.36. The number of halogens is 2. The molecule has 1 saturated carbocycles. The van der Waals surface area contributed by atoms with Crippen LogP contribution in [0, 0.1) is 0 Å². The zero-order valence-electron chi connectivity index (χ0n) is 16.7. The van der Waals surface area contributed by atoms with Gasteiger partial charge in [0.1, 0.15) is 29.3 Å². The van der Waals surface area contributed by atoms with Crippen molar-refractivity contribution >= 4 is 23.3 Å². The molecule has 31 heavy (non-hydrogen) atoms. The van der Waals surface area contributed by atoms with Crippen LogP contribution < -0.4 is 16.0 Å². The number of fused-ring (bicyclic) bond motifs is 1. The van der Waals surface area contributed by atoms with E-state index in [0.717, 1.165) is 5.57 Å². The Balaban J connectivity index is 1.46. The Morgan fingerprint density at radius 1 is 1.29 bits per heavy atom. The van der Waals surface area contributed by atoms with Crippen molar-refractivity contribution in [2.24, 2.45) is 5.73 Å². The highest BCUT2D eigenvalue weighted by Gasteiger charge is 2.50. The number of carbonyl (C=O) groups excluding carboxylic acids is 2. The van der Waals surface area contributed by atoms with Gasteiger partial charge in [-0.05, 0) is 24.5 Å².